The van der Waals surface area contributed by atoms with E-state index in [-0.39, 0.29) is 0 Å². The van der Waals surface area contributed by atoms with Crippen LogP contribution in [0.4, 0.5) is 0 Å². The van der Waals surface area contributed by atoms with Crippen LogP contribution in [0.2, 0.25) is 0 Å². The van der Waals surface area contributed by atoms with E-state index in [0.29, 0.717) is 47.0 Å². The number of fused-ring (bicyclic) bond motifs is 4. The summed E-state index contributed by atoms with van der Waals surface area (Å²) in [5, 5.41) is 3.41. The first-order valence-electron chi connectivity index (χ1n) is 12.8. The van der Waals surface area contributed by atoms with E-state index < -0.39 is 11.3 Å². The molecule has 6 rings (SSSR count). The van der Waals surface area contributed by atoms with Crippen LogP contribution in [-0.2, 0) is 0 Å². The maximum Gasteiger partial charge on any atom is 0.336 e. The first kappa shape index (κ1) is 23.9. The summed E-state index contributed by atoms with van der Waals surface area (Å²) in [7, 11) is 0. The molecule has 4 aromatic heterocycles. The Morgan fingerprint density at radius 1 is 0.500 bits per heavy atom. The van der Waals surface area contributed by atoms with E-state index in [1.807, 2.05) is 24.3 Å². The molecule has 0 N–H and O–H groups in total. The lowest BCUT2D eigenvalue weighted by molar-refractivity contribution is 0.295. The van der Waals surface area contributed by atoms with E-state index in [9.17, 15) is 9.59 Å². The lowest BCUT2D eigenvalue weighted by Crippen LogP contribution is -2.02. The molecule has 8 nitrogen and oxygen atoms in total. The van der Waals surface area contributed by atoms with Crippen molar-refractivity contribution in [2.75, 3.05) is 13.2 Å². The van der Waals surface area contributed by atoms with Gasteiger partial charge in [-0.15, -0.1) is 0 Å². The van der Waals surface area contributed by atoms with Crippen LogP contribution in [0.5, 0.6) is 11.5 Å². The van der Waals surface area contributed by atoms with Gasteiger partial charge in [0.15, 0.2) is 22.3 Å². The molecule has 0 saturated heterocycles. The third kappa shape index (κ3) is 4.77. The van der Waals surface area contributed by atoms with Crippen LogP contribution in [0.15, 0.2) is 88.3 Å². The molecule has 8 heteroatoms. The van der Waals surface area contributed by atoms with Gasteiger partial charge in [-0.2, -0.15) is 0 Å². The van der Waals surface area contributed by atoms with Crippen molar-refractivity contribution in [2.24, 2.45) is 0 Å². The van der Waals surface area contributed by atoms with Gasteiger partial charge in [-0.25, -0.2) is 9.59 Å². The molecule has 0 aliphatic rings. The molecule has 4 heterocycles. The molecule has 0 atom stereocenters. The summed E-state index contributed by atoms with van der Waals surface area (Å²) in [5.41, 5.74) is 1.16. The van der Waals surface area contributed by atoms with Crippen LogP contribution in [0.3, 0.4) is 0 Å². The highest BCUT2D eigenvalue weighted by Gasteiger charge is 2.16. The molecule has 2 aromatic carbocycles. The molecule has 0 radical (unpaired) electrons. The molecular weight excluding hydrogens is 488 g/mol. The van der Waals surface area contributed by atoms with Crippen molar-refractivity contribution < 1.29 is 27.1 Å². The van der Waals surface area contributed by atoms with Crippen molar-refractivity contribution in [2.45, 2.75) is 38.5 Å². The van der Waals surface area contributed by atoms with Crippen LogP contribution >= 0.6 is 0 Å². The summed E-state index contributed by atoms with van der Waals surface area (Å²) >= 11 is 0. The zero-order chi connectivity index (χ0) is 25.9. The lowest BCUT2D eigenvalue weighted by atomic mass is 10.1. The fourth-order valence-corrected chi connectivity index (χ4v) is 4.73. The number of hydrogen-bond donors (Lipinski definition) is 0. The second-order valence-electron chi connectivity index (χ2n) is 9.25. The van der Waals surface area contributed by atoms with Crippen molar-refractivity contribution in [1.82, 2.24) is 0 Å². The molecule has 0 bridgehead atoms. The van der Waals surface area contributed by atoms with Gasteiger partial charge < -0.3 is 27.1 Å². The van der Waals surface area contributed by atoms with Crippen LogP contribution < -0.4 is 20.7 Å². The Balaban J connectivity index is 0.968. The van der Waals surface area contributed by atoms with E-state index in [0.717, 1.165) is 60.1 Å². The summed E-state index contributed by atoms with van der Waals surface area (Å²) < 4.78 is 34.0. The summed E-state index contributed by atoms with van der Waals surface area (Å²) in [6, 6.07) is 13.8. The molecule has 0 saturated carbocycles. The third-order valence-corrected chi connectivity index (χ3v) is 6.60. The molecular formula is C30H26O8. The third-order valence-electron chi connectivity index (χ3n) is 6.60. The number of benzene rings is 2. The molecule has 0 fully saturated rings. The van der Waals surface area contributed by atoms with Crippen molar-refractivity contribution >= 4 is 43.9 Å². The lowest BCUT2D eigenvalue weighted by Gasteiger charge is -2.10. The van der Waals surface area contributed by atoms with Crippen LogP contribution in [0.1, 0.15) is 38.5 Å². The smallest absolute Gasteiger partial charge is 0.336 e. The van der Waals surface area contributed by atoms with Gasteiger partial charge >= 0.3 is 11.3 Å². The first-order chi connectivity index (χ1) is 18.7. The highest BCUT2D eigenvalue weighted by atomic mass is 16.5. The number of unbranched alkanes of at least 4 members (excludes halogenated alkanes) is 5. The highest BCUT2D eigenvalue weighted by Crippen LogP contribution is 2.36. The van der Waals surface area contributed by atoms with E-state index in [2.05, 4.69) is 0 Å². The monoisotopic (exact) mass is 514 g/mol. The topological polar surface area (TPSA) is 105 Å². The average Bonchev–Trinajstić information content (AvgIpc) is 3.58. The normalized spacial score (nSPS) is 11.7. The number of furan rings is 2. The Morgan fingerprint density at radius 2 is 0.921 bits per heavy atom. The molecule has 0 spiro atoms. The SMILES string of the molecule is O=c1ccc2cc3ccoc3c(OCCCCCCCCOc3c4occc4cc4ccc(=O)oc34)c2o1. The van der Waals surface area contributed by atoms with Gasteiger partial charge in [0.05, 0.1) is 25.7 Å². The van der Waals surface area contributed by atoms with Gasteiger partial charge in [0.2, 0.25) is 11.5 Å². The summed E-state index contributed by atoms with van der Waals surface area (Å²) in [6.45, 7) is 1.00. The zero-order valence-corrected chi connectivity index (χ0v) is 20.7. The van der Waals surface area contributed by atoms with Crippen molar-refractivity contribution in [1.29, 1.82) is 0 Å². The number of hydrogen-bond acceptors (Lipinski definition) is 8. The van der Waals surface area contributed by atoms with Crippen LogP contribution in [0.25, 0.3) is 43.9 Å². The van der Waals surface area contributed by atoms with Crippen molar-refractivity contribution in [3.8, 4) is 11.5 Å². The first-order valence-corrected chi connectivity index (χ1v) is 12.8. The predicted molar refractivity (Wildman–Crippen MR) is 143 cm³/mol. The molecule has 6 aromatic rings. The average molecular weight is 515 g/mol. The Morgan fingerprint density at radius 3 is 1.39 bits per heavy atom. The quantitative estimate of drug-likeness (QED) is 0.132. The van der Waals surface area contributed by atoms with Crippen molar-refractivity contribution in [3.63, 3.8) is 0 Å². The minimum atomic E-state index is -0.421. The second-order valence-corrected chi connectivity index (χ2v) is 9.25. The van der Waals surface area contributed by atoms with Gasteiger partial charge in [-0.1, -0.05) is 25.7 Å². The van der Waals surface area contributed by atoms with Gasteiger partial charge in [0.1, 0.15) is 0 Å². The van der Waals surface area contributed by atoms with Gasteiger partial charge in [-0.3, -0.25) is 0 Å². The second kappa shape index (κ2) is 10.5. The van der Waals surface area contributed by atoms with Gasteiger partial charge in [-0.05, 0) is 49.2 Å². The Bertz CT molecular complexity index is 1700. The van der Waals surface area contributed by atoms with E-state index >= 15 is 0 Å². The van der Waals surface area contributed by atoms with E-state index in [1.165, 1.54) is 12.1 Å². The van der Waals surface area contributed by atoms with Crippen LogP contribution in [-0.4, -0.2) is 13.2 Å². The molecule has 0 aliphatic heterocycles. The largest absolute Gasteiger partial charge is 0.486 e. The minimum absolute atomic E-state index is 0.414. The number of rotatable bonds is 11. The summed E-state index contributed by atoms with van der Waals surface area (Å²) in [4.78, 5) is 23.5. The Labute approximate surface area is 216 Å². The molecule has 194 valence electrons. The zero-order valence-electron chi connectivity index (χ0n) is 20.7. The molecule has 0 unspecified atom stereocenters. The van der Waals surface area contributed by atoms with E-state index in [1.54, 1.807) is 24.7 Å². The standard InChI is InChI=1S/C30H26O8/c31-23-9-7-19-17-21-11-15-35-25(21)29(27(19)37-23)33-13-5-3-1-2-4-6-14-34-30-26-22(12-16-36-26)18-20-8-10-24(32)38-28(20)30/h7-12,15-18H,1-6,13-14H2. The minimum Gasteiger partial charge on any atom is -0.486 e. The molecule has 0 amide bonds. The highest BCUT2D eigenvalue weighted by molar-refractivity contribution is 6.00. The summed E-state index contributed by atoms with van der Waals surface area (Å²) in [5.74, 6) is 0.958. The van der Waals surface area contributed by atoms with Crippen molar-refractivity contribution in [3.05, 3.63) is 81.9 Å². The predicted octanol–water partition coefficient (Wildman–Crippen LogP) is 7.19. The van der Waals surface area contributed by atoms with Gasteiger partial charge in [0, 0.05) is 33.7 Å². The Kier molecular flexibility index (Phi) is 6.60. The van der Waals surface area contributed by atoms with Gasteiger partial charge in [0.25, 0.3) is 0 Å². The van der Waals surface area contributed by atoms with E-state index in [4.69, 9.17) is 27.1 Å². The molecule has 38 heavy (non-hydrogen) atoms. The van der Waals surface area contributed by atoms with Crippen LogP contribution in [0, 0.1) is 0 Å². The fraction of sp³-hybridized carbons (Fsp3) is 0.267. The molecule has 0 aliphatic carbocycles. The maximum atomic E-state index is 11.7. The summed E-state index contributed by atoms with van der Waals surface area (Å²) in [6.07, 6.45) is 9.11. The number of ether oxygens (including phenoxy) is 2. The fourth-order valence-electron chi connectivity index (χ4n) is 4.73. The Hall–Kier alpha value is -4.46. The maximum absolute atomic E-state index is 11.7.